The summed E-state index contributed by atoms with van der Waals surface area (Å²) in [5, 5.41) is 8.39. The minimum Gasteiger partial charge on any atom is -0.337 e. The average molecular weight is 404 g/mol. The summed E-state index contributed by atoms with van der Waals surface area (Å²) in [5.74, 6) is 0.487. The van der Waals surface area contributed by atoms with E-state index in [2.05, 4.69) is 28.7 Å². The van der Waals surface area contributed by atoms with Crippen LogP contribution in [0.1, 0.15) is 51.8 Å². The number of aromatic nitrogens is 2. The van der Waals surface area contributed by atoms with Crippen molar-refractivity contribution in [3.63, 3.8) is 0 Å². The normalized spacial score (nSPS) is 17.6. The number of aryl methyl sites for hydroxylation is 2. The molecule has 1 unspecified atom stereocenters. The highest BCUT2D eigenvalue weighted by atomic mass is 32.1. The van der Waals surface area contributed by atoms with Crippen molar-refractivity contribution in [2.45, 2.75) is 39.0 Å². The Labute approximate surface area is 165 Å². The summed E-state index contributed by atoms with van der Waals surface area (Å²) >= 11 is 4.91. The zero-order chi connectivity index (χ0) is 18.1. The zero-order valence-corrected chi connectivity index (χ0v) is 17.3. The Morgan fingerprint density at radius 2 is 2.23 bits per heavy atom. The molecule has 26 heavy (non-hydrogen) atoms. The Morgan fingerprint density at radius 3 is 2.96 bits per heavy atom. The minimum absolute atomic E-state index is 0.124. The van der Waals surface area contributed by atoms with E-state index in [-0.39, 0.29) is 5.91 Å². The third kappa shape index (κ3) is 3.48. The Hall–Kier alpha value is -1.57. The van der Waals surface area contributed by atoms with Gasteiger partial charge in [0.15, 0.2) is 0 Å². The molecule has 4 heterocycles. The molecule has 3 aromatic rings. The maximum atomic E-state index is 13.1. The number of hydrogen-bond acceptors (Lipinski definition) is 6. The first-order valence-electron chi connectivity index (χ1n) is 8.89. The molecular formula is C19H21N3OS3. The molecule has 0 spiro atoms. The van der Waals surface area contributed by atoms with Crippen LogP contribution in [0, 0.1) is 6.92 Å². The van der Waals surface area contributed by atoms with Crippen molar-refractivity contribution in [2.24, 2.45) is 0 Å². The number of likely N-dealkylation sites (tertiary alicyclic amines) is 1. The molecule has 4 rings (SSSR count). The van der Waals surface area contributed by atoms with Gasteiger partial charge in [-0.25, -0.2) is 9.97 Å². The molecule has 1 aliphatic heterocycles. The molecule has 0 radical (unpaired) electrons. The van der Waals surface area contributed by atoms with Crippen molar-refractivity contribution < 1.29 is 4.79 Å². The first-order valence-corrected chi connectivity index (χ1v) is 11.5. The van der Waals surface area contributed by atoms with Crippen molar-refractivity contribution in [3.05, 3.63) is 43.5 Å². The van der Waals surface area contributed by atoms with Crippen molar-refractivity contribution in [3.8, 4) is 10.6 Å². The van der Waals surface area contributed by atoms with Gasteiger partial charge in [0.2, 0.25) is 0 Å². The monoisotopic (exact) mass is 403 g/mol. The summed E-state index contributed by atoms with van der Waals surface area (Å²) in [5.41, 5.74) is 3.10. The van der Waals surface area contributed by atoms with Gasteiger partial charge in [0.25, 0.3) is 5.91 Å². The van der Waals surface area contributed by atoms with Gasteiger partial charge in [-0.1, -0.05) is 6.92 Å². The summed E-state index contributed by atoms with van der Waals surface area (Å²) in [7, 11) is 0. The highest BCUT2D eigenvalue weighted by Crippen LogP contribution is 2.33. The van der Waals surface area contributed by atoms with Crippen LogP contribution < -0.4 is 0 Å². The standard InChI is InChI=1S/C19H21N3OS3/c1-3-15-11-25-17(21-15)13-5-4-7-22(9-13)19(23)16-12(2)20-18(26-16)14-6-8-24-10-14/h6,8,10-11,13H,3-5,7,9H2,1-2H3. The summed E-state index contributed by atoms with van der Waals surface area (Å²) in [6.45, 7) is 5.66. The van der Waals surface area contributed by atoms with Crippen molar-refractivity contribution in [2.75, 3.05) is 13.1 Å². The number of nitrogens with zero attached hydrogens (tertiary/aromatic N) is 3. The summed E-state index contributed by atoms with van der Waals surface area (Å²) < 4.78 is 0. The van der Waals surface area contributed by atoms with E-state index in [1.807, 2.05) is 17.2 Å². The maximum Gasteiger partial charge on any atom is 0.265 e. The minimum atomic E-state index is 0.124. The Kier molecular flexibility index (Phi) is 5.20. The third-order valence-electron chi connectivity index (χ3n) is 4.75. The number of carbonyl (C=O) groups excluding carboxylic acids is 1. The van der Waals surface area contributed by atoms with Crippen molar-refractivity contribution in [1.29, 1.82) is 0 Å². The molecule has 3 aromatic heterocycles. The fourth-order valence-electron chi connectivity index (χ4n) is 3.28. The Bertz CT molecular complexity index is 897. The summed E-state index contributed by atoms with van der Waals surface area (Å²) in [6.07, 6.45) is 3.12. The summed E-state index contributed by atoms with van der Waals surface area (Å²) in [4.78, 5) is 25.3. The Morgan fingerprint density at radius 1 is 1.35 bits per heavy atom. The molecule has 0 aromatic carbocycles. The largest absolute Gasteiger partial charge is 0.337 e. The van der Waals surface area contributed by atoms with E-state index in [0.717, 1.165) is 59.2 Å². The van der Waals surface area contributed by atoms with E-state index in [1.165, 1.54) is 16.3 Å². The fourth-order valence-corrected chi connectivity index (χ4v) is 6.06. The van der Waals surface area contributed by atoms with E-state index in [9.17, 15) is 4.79 Å². The number of thiophene rings is 1. The molecular weight excluding hydrogens is 382 g/mol. The van der Waals surface area contributed by atoms with Crippen LogP contribution in [-0.4, -0.2) is 33.9 Å². The topological polar surface area (TPSA) is 46.1 Å². The van der Waals surface area contributed by atoms with Gasteiger partial charge in [-0.2, -0.15) is 11.3 Å². The fraction of sp³-hybridized carbons (Fsp3) is 0.421. The molecule has 7 heteroatoms. The van der Waals surface area contributed by atoms with E-state index in [0.29, 0.717) is 5.92 Å². The molecule has 1 atom stereocenters. The highest BCUT2D eigenvalue weighted by Gasteiger charge is 2.29. The zero-order valence-electron chi connectivity index (χ0n) is 14.9. The quantitative estimate of drug-likeness (QED) is 0.600. The number of rotatable bonds is 4. The molecule has 1 amide bonds. The maximum absolute atomic E-state index is 13.1. The molecule has 0 bridgehead atoms. The molecule has 4 nitrogen and oxygen atoms in total. The van der Waals surface area contributed by atoms with Crippen LogP contribution in [0.25, 0.3) is 10.6 Å². The van der Waals surface area contributed by atoms with Gasteiger partial charge < -0.3 is 4.90 Å². The molecule has 1 fully saturated rings. The first-order chi connectivity index (χ1) is 12.7. The average Bonchev–Trinajstić information content (AvgIpc) is 3.41. The van der Waals surface area contributed by atoms with Crippen LogP contribution in [0.4, 0.5) is 0 Å². The van der Waals surface area contributed by atoms with Crippen LogP contribution in [0.2, 0.25) is 0 Å². The molecule has 1 saturated heterocycles. The molecule has 1 aliphatic rings. The van der Waals surface area contributed by atoms with Gasteiger partial charge in [0.1, 0.15) is 9.88 Å². The lowest BCUT2D eigenvalue weighted by atomic mass is 9.98. The Balaban J connectivity index is 1.52. The van der Waals surface area contributed by atoms with Crippen LogP contribution in [0.3, 0.4) is 0 Å². The van der Waals surface area contributed by atoms with E-state index >= 15 is 0 Å². The molecule has 0 saturated carbocycles. The molecule has 136 valence electrons. The van der Waals surface area contributed by atoms with Gasteiger partial charge in [-0.05, 0) is 37.6 Å². The SMILES string of the molecule is CCc1csc(C2CCCN(C(=O)c3sc(-c4ccsc4)nc3C)C2)n1. The van der Waals surface area contributed by atoms with Crippen LogP contribution in [-0.2, 0) is 6.42 Å². The lowest BCUT2D eigenvalue weighted by Crippen LogP contribution is -2.39. The van der Waals surface area contributed by atoms with E-state index in [4.69, 9.17) is 4.98 Å². The smallest absolute Gasteiger partial charge is 0.265 e. The lowest BCUT2D eigenvalue weighted by Gasteiger charge is -2.31. The number of amides is 1. The van der Waals surface area contributed by atoms with Crippen molar-refractivity contribution >= 4 is 39.9 Å². The van der Waals surface area contributed by atoms with Gasteiger partial charge in [0, 0.05) is 35.3 Å². The second kappa shape index (κ2) is 7.58. The van der Waals surface area contributed by atoms with Crippen LogP contribution >= 0.6 is 34.0 Å². The second-order valence-corrected chi connectivity index (χ2v) is 9.24. The van der Waals surface area contributed by atoms with Gasteiger partial charge in [-0.3, -0.25) is 4.79 Å². The molecule has 0 aliphatic carbocycles. The van der Waals surface area contributed by atoms with Crippen molar-refractivity contribution in [1.82, 2.24) is 14.9 Å². The van der Waals surface area contributed by atoms with Gasteiger partial charge in [-0.15, -0.1) is 22.7 Å². The molecule has 0 N–H and O–H groups in total. The third-order valence-corrected chi connectivity index (χ3v) is 7.68. The second-order valence-electron chi connectivity index (χ2n) is 6.57. The predicted octanol–water partition coefficient (Wildman–Crippen LogP) is 5.22. The predicted molar refractivity (Wildman–Crippen MR) is 110 cm³/mol. The highest BCUT2D eigenvalue weighted by molar-refractivity contribution is 7.17. The number of thiazole rings is 2. The lowest BCUT2D eigenvalue weighted by molar-refractivity contribution is 0.0711. The van der Waals surface area contributed by atoms with Crippen LogP contribution in [0.15, 0.2) is 22.2 Å². The number of carbonyl (C=O) groups is 1. The number of piperidine rings is 1. The summed E-state index contributed by atoms with van der Waals surface area (Å²) in [6, 6.07) is 2.06. The van der Waals surface area contributed by atoms with Crippen LogP contribution in [0.5, 0.6) is 0 Å². The first kappa shape index (κ1) is 17.8. The van der Waals surface area contributed by atoms with Gasteiger partial charge >= 0.3 is 0 Å². The van der Waals surface area contributed by atoms with E-state index < -0.39 is 0 Å². The number of hydrogen-bond donors (Lipinski definition) is 0. The van der Waals surface area contributed by atoms with E-state index in [1.54, 1.807) is 22.7 Å². The van der Waals surface area contributed by atoms with Gasteiger partial charge in [0.05, 0.1) is 16.4 Å².